The van der Waals surface area contributed by atoms with E-state index in [0.29, 0.717) is 18.8 Å². The fourth-order valence-electron chi connectivity index (χ4n) is 2.96. The van der Waals surface area contributed by atoms with Gasteiger partial charge in [-0.15, -0.1) is 0 Å². The van der Waals surface area contributed by atoms with Gasteiger partial charge in [0.15, 0.2) is 0 Å². The zero-order chi connectivity index (χ0) is 14.6. The van der Waals surface area contributed by atoms with Gasteiger partial charge in [0.05, 0.1) is 12.5 Å². The molecule has 0 aromatic heterocycles. The van der Waals surface area contributed by atoms with Crippen LogP contribution in [0.3, 0.4) is 0 Å². The molecule has 0 spiro atoms. The van der Waals surface area contributed by atoms with Crippen LogP contribution in [-0.2, 0) is 14.3 Å². The zero-order valence-corrected chi connectivity index (χ0v) is 12.7. The molecule has 0 amide bonds. The number of carbonyl (C=O) groups is 2. The maximum Gasteiger partial charge on any atom is 0.313 e. The summed E-state index contributed by atoms with van der Waals surface area (Å²) < 4.78 is 5.00. The van der Waals surface area contributed by atoms with E-state index in [2.05, 4.69) is 13.8 Å². The van der Waals surface area contributed by atoms with Gasteiger partial charge in [-0.3, -0.25) is 9.59 Å². The molecule has 0 N–H and O–H groups in total. The van der Waals surface area contributed by atoms with E-state index in [4.69, 9.17) is 4.74 Å². The molecule has 3 heteroatoms. The minimum atomic E-state index is -0.666. The Hall–Kier alpha value is -1.12. The third-order valence-electron chi connectivity index (χ3n) is 4.01. The SMILES string of the molecule is COC(=O)C1([C@H](CC(C)C)C(=O)C(C)C)CC=CC1. The van der Waals surface area contributed by atoms with Crippen LogP contribution in [0.1, 0.15) is 47.0 Å². The van der Waals surface area contributed by atoms with Crippen LogP contribution in [0.5, 0.6) is 0 Å². The molecule has 19 heavy (non-hydrogen) atoms. The molecule has 1 aliphatic rings. The Morgan fingerprint density at radius 3 is 2.05 bits per heavy atom. The second-order valence-electron chi connectivity index (χ2n) is 6.27. The number of hydrogen-bond donors (Lipinski definition) is 0. The van der Waals surface area contributed by atoms with E-state index in [1.54, 1.807) is 0 Å². The smallest absolute Gasteiger partial charge is 0.313 e. The Morgan fingerprint density at radius 1 is 1.16 bits per heavy atom. The van der Waals surface area contributed by atoms with Crippen molar-refractivity contribution in [2.24, 2.45) is 23.2 Å². The molecule has 0 saturated carbocycles. The van der Waals surface area contributed by atoms with Gasteiger partial charge in [-0.2, -0.15) is 0 Å². The monoisotopic (exact) mass is 266 g/mol. The molecular formula is C16H26O3. The molecule has 0 fully saturated rings. The molecule has 0 heterocycles. The minimum Gasteiger partial charge on any atom is -0.469 e. The highest BCUT2D eigenvalue weighted by atomic mass is 16.5. The van der Waals surface area contributed by atoms with Crippen molar-refractivity contribution < 1.29 is 14.3 Å². The maximum atomic E-state index is 12.6. The van der Waals surface area contributed by atoms with Crippen molar-refractivity contribution in [3.8, 4) is 0 Å². The standard InChI is InChI=1S/C16H26O3/c1-11(2)10-13(14(17)12(3)4)16(15(18)19-5)8-6-7-9-16/h6-7,11-13H,8-10H2,1-5H3/t13-/m1/s1. The molecule has 0 radical (unpaired) electrons. The van der Waals surface area contributed by atoms with Crippen LogP contribution < -0.4 is 0 Å². The van der Waals surface area contributed by atoms with Crippen molar-refractivity contribution in [3.63, 3.8) is 0 Å². The average Bonchev–Trinajstić information content (AvgIpc) is 2.84. The van der Waals surface area contributed by atoms with Crippen LogP contribution in [0.15, 0.2) is 12.2 Å². The Balaban J connectivity index is 3.11. The van der Waals surface area contributed by atoms with Gasteiger partial charge < -0.3 is 4.74 Å². The number of methoxy groups -OCH3 is 1. The van der Waals surface area contributed by atoms with Gasteiger partial charge in [0.1, 0.15) is 5.78 Å². The molecule has 0 aliphatic heterocycles. The summed E-state index contributed by atoms with van der Waals surface area (Å²) in [6, 6.07) is 0. The van der Waals surface area contributed by atoms with Crippen LogP contribution >= 0.6 is 0 Å². The summed E-state index contributed by atoms with van der Waals surface area (Å²) in [6.07, 6.45) is 5.98. The Morgan fingerprint density at radius 2 is 1.68 bits per heavy atom. The lowest BCUT2D eigenvalue weighted by molar-refractivity contribution is -0.160. The van der Waals surface area contributed by atoms with E-state index >= 15 is 0 Å². The summed E-state index contributed by atoms with van der Waals surface area (Å²) in [6.45, 7) is 7.99. The van der Waals surface area contributed by atoms with Crippen LogP contribution in [0.2, 0.25) is 0 Å². The average molecular weight is 266 g/mol. The van der Waals surface area contributed by atoms with E-state index in [-0.39, 0.29) is 23.6 Å². The van der Waals surface area contributed by atoms with Crippen molar-refractivity contribution in [1.29, 1.82) is 0 Å². The molecule has 1 aliphatic carbocycles. The number of esters is 1. The van der Waals surface area contributed by atoms with Gasteiger partial charge >= 0.3 is 5.97 Å². The second-order valence-corrected chi connectivity index (χ2v) is 6.27. The highest BCUT2D eigenvalue weighted by molar-refractivity contribution is 5.90. The first-order chi connectivity index (χ1) is 8.85. The van der Waals surface area contributed by atoms with Gasteiger partial charge in [-0.05, 0) is 25.2 Å². The summed E-state index contributed by atoms with van der Waals surface area (Å²) in [7, 11) is 1.41. The summed E-state index contributed by atoms with van der Waals surface area (Å²) >= 11 is 0. The number of allylic oxidation sites excluding steroid dienone is 2. The van der Waals surface area contributed by atoms with Crippen LogP contribution in [-0.4, -0.2) is 18.9 Å². The number of Topliss-reactive ketones (excluding diaryl/α,β-unsaturated/α-hetero) is 1. The van der Waals surface area contributed by atoms with Gasteiger partial charge in [0.25, 0.3) is 0 Å². The number of carbonyl (C=O) groups excluding carboxylic acids is 2. The van der Waals surface area contributed by atoms with Gasteiger partial charge in [-0.25, -0.2) is 0 Å². The molecule has 0 bridgehead atoms. The highest BCUT2D eigenvalue weighted by Crippen LogP contribution is 2.45. The molecule has 0 aromatic rings. The van der Waals surface area contributed by atoms with Gasteiger partial charge in [-0.1, -0.05) is 39.8 Å². The lowest BCUT2D eigenvalue weighted by Crippen LogP contribution is -2.43. The Bertz CT molecular complexity index is 358. The van der Waals surface area contributed by atoms with E-state index < -0.39 is 5.41 Å². The molecule has 3 nitrogen and oxygen atoms in total. The fraction of sp³-hybridized carbons (Fsp3) is 0.750. The molecule has 0 aromatic carbocycles. The van der Waals surface area contributed by atoms with Crippen molar-refractivity contribution in [2.45, 2.75) is 47.0 Å². The lowest BCUT2D eigenvalue weighted by atomic mass is 9.66. The van der Waals surface area contributed by atoms with Crippen LogP contribution in [0, 0.1) is 23.2 Å². The first-order valence-corrected chi connectivity index (χ1v) is 7.12. The summed E-state index contributed by atoms with van der Waals surface area (Å²) in [5.74, 6) is 0.0376. The number of rotatable bonds is 6. The molecular weight excluding hydrogens is 240 g/mol. The molecule has 0 saturated heterocycles. The normalized spacial score (nSPS) is 18.9. The number of ketones is 1. The van der Waals surface area contributed by atoms with E-state index in [1.165, 1.54) is 7.11 Å². The van der Waals surface area contributed by atoms with Crippen LogP contribution in [0.4, 0.5) is 0 Å². The third-order valence-corrected chi connectivity index (χ3v) is 4.01. The predicted octanol–water partition coefficient (Wildman–Crippen LogP) is 3.38. The van der Waals surface area contributed by atoms with Gasteiger partial charge in [0.2, 0.25) is 0 Å². The second kappa shape index (κ2) is 6.36. The van der Waals surface area contributed by atoms with Crippen molar-refractivity contribution in [3.05, 3.63) is 12.2 Å². The number of ether oxygens (including phenoxy) is 1. The van der Waals surface area contributed by atoms with E-state index in [0.717, 1.165) is 6.42 Å². The first kappa shape index (κ1) is 15.9. The van der Waals surface area contributed by atoms with Crippen molar-refractivity contribution in [2.75, 3.05) is 7.11 Å². The quantitative estimate of drug-likeness (QED) is 0.547. The maximum absolute atomic E-state index is 12.6. The van der Waals surface area contributed by atoms with Crippen LogP contribution in [0.25, 0.3) is 0 Å². The molecule has 1 rings (SSSR count). The molecule has 108 valence electrons. The zero-order valence-electron chi connectivity index (χ0n) is 12.7. The van der Waals surface area contributed by atoms with E-state index in [9.17, 15) is 9.59 Å². The molecule has 1 atom stereocenters. The number of hydrogen-bond acceptors (Lipinski definition) is 3. The Kier molecular flexibility index (Phi) is 5.33. The lowest BCUT2D eigenvalue weighted by Gasteiger charge is -2.36. The Labute approximate surface area is 116 Å². The summed E-state index contributed by atoms with van der Waals surface area (Å²) in [5, 5.41) is 0. The highest BCUT2D eigenvalue weighted by Gasteiger charge is 2.50. The minimum absolute atomic E-state index is 0.0501. The van der Waals surface area contributed by atoms with Crippen molar-refractivity contribution >= 4 is 11.8 Å². The van der Waals surface area contributed by atoms with Gasteiger partial charge in [0, 0.05) is 11.8 Å². The fourth-order valence-corrected chi connectivity index (χ4v) is 2.96. The first-order valence-electron chi connectivity index (χ1n) is 7.12. The molecule has 0 unspecified atom stereocenters. The third kappa shape index (κ3) is 3.26. The van der Waals surface area contributed by atoms with E-state index in [1.807, 2.05) is 26.0 Å². The summed E-state index contributed by atoms with van der Waals surface area (Å²) in [4.78, 5) is 24.8. The topological polar surface area (TPSA) is 43.4 Å². The largest absolute Gasteiger partial charge is 0.469 e. The van der Waals surface area contributed by atoms with Crippen molar-refractivity contribution in [1.82, 2.24) is 0 Å². The summed E-state index contributed by atoms with van der Waals surface area (Å²) in [5.41, 5.74) is -0.666. The predicted molar refractivity (Wildman–Crippen MR) is 75.6 cm³/mol.